The van der Waals surface area contributed by atoms with E-state index in [9.17, 15) is 26.3 Å². The summed E-state index contributed by atoms with van der Waals surface area (Å²) < 4.78 is 74.9. The third kappa shape index (κ3) is 2.12. The van der Waals surface area contributed by atoms with Crippen molar-refractivity contribution in [1.29, 1.82) is 0 Å². The van der Waals surface area contributed by atoms with E-state index < -0.39 is 29.3 Å². The minimum absolute atomic E-state index is 0.209. The molecular weight excluding hydrogens is 266 g/mol. The molecule has 102 valence electrons. The predicted octanol–water partition coefficient (Wildman–Crippen LogP) is 3.01. The molecule has 18 heavy (non-hydrogen) atoms. The Balaban J connectivity index is 3.51. The number of benzene rings is 1. The van der Waals surface area contributed by atoms with Crippen LogP contribution in [0.15, 0.2) is 18.2 Å². The van der Waals surface area contributed by atoms with Crippen molar-refractivity contribution in [3.63, 3.8) is 0 Å². The minimum atomic E-state index is -5.92. The molecule has 0 saturated heterocycles. The largest absolute Gasteiger partial charge is 0.508 e. The van der Waals surface area contributed by atoms with E-state index in [2.05, 4.69) is 0 Å². The van der Waals surface area contributed by atoms with Gasteiger partial charge in [0.1, 0.15) is 5.75 Å². The van der Waals surface area contributed by atoms with E-state index >= 15 is 0 Å². The van der Waals surface area contributed by atoms with Crippen molar-refractivity contribution in [1.82, 2.24) is 0 Å². The lowest BCUT2D eigenvalue weighted by molar-refractivity contribution is -0.376. The predicted molar refractivity (Wildman–Crippen MR) is 48.9 cm³/mol. The van der Waals surface area contributed by atoms with E-state index in [1.54, 1.807) is 0 Å². The van der Waals surface area contributed by atoms with Gasteiger partial charge < -0.3 is 10.2 Å². The molecule has 0 aromatic heterocycles. The second-order valence-electron chi connectivity index (χ2n) is 3.71. The van der Waals surface area contributed by atoms with Crippen LogP contribution in [0, 0.1) is 6.92 Å². The van der Waals surface area contributed by atoms with E-state index in [1.165, 1.54) is 0 Å². The molecule has 1 aromatic carbocycles. The van der Waals surface area contributed by atoms with Gasteiger partial charge in [-0.2, -0.15) is 26.3 Å². The Morgan fingerprint density at radius 3 is 1.72 bits per heavy atom. The second kappa shape index (κ2) is 4.04. The standard InChI is InChI=1S/C10H8F6O2/c1-5-4-6(2-3-7(5)17)8(18,9(11,12)13)10(14,15)16/h2-4,17-18H,1H3. The van der Waals surface area contributed by atoms with Crippen LogP contribution in [-0.2, 0) is 5.60 Å². The lowest BCUT2D eigenvalue weighted by Crippen LogP contribution is -2.53. The Labute approximate surface area is 97.5 Å². The van der Waals surface area contributed by atoms with Gasteiger partial charge in [-0.3, -0.25) is 0 Å². The Bertz CT molecular complexity index is 435. The van der Waals surface area contributed by atoms with E-state index in [1.807, 2.05) is 0 Å². The van der Waals surface area contributed by atoms with Crippen molar-refractivity contribution < 1.29 is 36.6 Å². The van der Waals surface area contributed by atoms with Crippen molar-refractivity contribution in [2.24, 2.45) is 0 Å². The number of rotatable bonds is 1. The fourth-order valence-corrected chi connectivity index (χ4v) is 1.37. The molecule has 1 rings (SSSR count). The van der Waals surface area contributed by atoms with Crippen LogP contribution in [0.3, 0.4) is 0 Å². The van der Waals surface area contributed by atoms with E-state index in [4.69, 9.17) is 10.2 Å². The molecule has 1 aromatic rings. The number of aliphatic hydroxyl groups is 1. The number of hydrogen-bond donors (Lipinski definition) is 2. The first-order valence-corrected chi connectivity index (χ1v) is 4.57. The molecule has 2 nitrogen and oxygen atoms in total. The van der Waals surface area contributed by atoms with Crippen LogP contribution in [0.4, 0.5) is 26.3 Å². The molecule has 0 amide bonds. The molecule has 2 N–H and O–H groups in total. The molecule has 0 saturated carbocycles. The van der Waals surface area contributed by atoms with Crippen LogP contribution in [0.5, 0.6) is 5.75 Å². The van der Waals surface area contributed by atoms with Gasteiger partial charge in [-0.25, -0.2) is 0 Å². The van der Waals surface area contributed by atoms with Crippen molar-refractivity contribution in [3.05, 3.63) is 29.3 Å². The van der Waals surface area contributed by atoms with Crippen LogP contribution in [0.25, 0.3) is 0 Å². The summed E-state index contributed by atoms with van der Waals surface area (Å²) in [4.78, 5) is 0. The number of aryl methyl sites for hydroxylation is 1. The topological polar surface area (TPSA) is 40.5 Å². The van der Waals surface area contributed by atoms with E-state index in [0.717, 1.165) is 6.92 Å². The Hall–Kier alpha value is -1.44. The monoisotopic (exact) mass is 274 g/mol. The highest BCUT2D eigenvalue weighted by atomic mass is 19.4. The quantitative estimate of drug-likeness (QED) is 0.773. The highest BCUT2D eigenvalue weighted by Gasteiger charge is 2.71. The summed E-state index contributed by atoms with van der Waals surface area (Å²) in [5.41, 5.74) is -6.56. The molecule has 0 aliphatic rings. The molecule has 0 heterocycles. The van der Waals surface area contributed by atoms with Gasteiger partial charge >= 0.3 is 12.4 Å². The number of aromatic hydroxyl groups is 1. The van der Waals surface area contributed by atoms with Crippen LogP contribution >= 0.6 is 0 Å². The van der Waals surface area contributed by atoms with Gasteiger partial charge in [0.25, 0.3) is 5.60 Å². The van der Waals surface area contributed by atoms with Gasteiger partial charge in [0, 0.05) is 5.56 Å². The molecular formula is C10H8F6O2. The van der Waals surface area contributed by atoms with Crippen LogP contribution in [-0.4, -0.2) is 22.6 Å². The van der Waals surface area contributed by atoms with E-state index in [0.29, 0.717) is 18.2 Å². The first-order chi connectivity index (χ1) is 7.91. The summed E-state index contributed by atoms with van der Waals surface area (Å²) in [5, 5.41) is 18.1. The molecule has 8 heteroatoms. The minimum Gasteiger partial charge on any atom is -0.508 e. The number of phenols is 1. The SMILES string of the molecule is Cc1cc(C(O)(C(F)(F)F)C(F)(F)F)ccc1O. The lowest BCUT2D eigenvalue weighted by atomic mass is 9.91. The number of hydrogen-bond acceptors (Lipinski definition) is 2. The van der Waals surface area contributed by atoms with Gasteiger partial charge in [0.2, 0.25) is 0 Å². The molecule has 0 unspecified atom stereocenters. The van der Waals surface area contributed by atoms with Gasteiger partial charge in [-0.1, -0.05) is 6.07 Å². The summed E-state index contributed by atoms with van der Waals surface area (Å²) in [7, 11) is 0. The molecule has 0 atom stereocenters. The lowest BCUT2D eigenvalue weighted by Gasteiger charge is -2.32. The smallest absolute Gasteiger partial charge is 0.430 e. The zero-order valence-corrected chi connectivity index (χ0v) is 8.89. The Morgan fingerprint density at radius 2 is 1.39 bits per heavy atom. The molecule has 0 radical (unpaired) electrons. The van der Waals surface area contributed by atoms with Crippen LogP contribution in [0.2, 0.25) is 0 Å². The van der Waals surface area contributed by atoms with Crippen molar-refractivity contribution in [3.8, 4) is 5.75 Å². The van der Waals surface area contributed by atoms with Crippen LogP contribution in [0.1, 0.15) is 11.1 Å². The summed E-state index contributed by atoms with van der Waals surface area (Å²) in [6.45, 7) is 1.12. The zero-order chi connectivity index (χ0) is 14.4. The maximum Gasteiger partial charge on any atom is 0.430 e. The first-order valence-electron chi connectivity index (χ1n) is 4.57. The number of phenolic OH excluding ortho intramolecular Hbond substituents is 1. The van der Waals surface area contributed by atoms with Gasteiger partial charge in [0.15, 0.2) is 0 Å². The van der Waals surface area contributed by atoms with Crippen molar-refractivity contribution in [2.75, 3.05) is 0 Å². The average molecular weight is 274 g/mol. The second-order valence-corrected chi connectivity index (χ2v) is 3.71. The number of halogens is 6. The Morgan fingerprint density at radius 1 is 0.944 bits per heavy atom. The normalized spacial score (nSPS) is 13.8. The van der Waals surface area contributed by atoms with E-state index in [-0.39, 0.29) is 5.56 Å². The maximum atomic E-state index is 12.5. The third-order valence-electron chi connectivity index (χ3n) is 2.44. The number of alkyl halides is 6. The molecule has 0 bridgehead atoms. The first kappa shape index (κ1) is 14.6. The van der Waals surface area contributed by atoms with Crippen LogP contribution < -0.4 is 0 Å². The van der Waals surface area contributed by atoms with Gasteiger partial charge in [-0.05, 0) is 24.6 Å². The Kier molecular flexibility index (Phi) is 3.28. The van der Waals surface area contributed by atoms with Gasteiger partial charge in [-0.15, -0.1) is 0 Å². The highest BCUT2D eigenvalue weighted by Crippen LogP contribution is 2.50. The summed E-state index contributed by atoms with van der Waals surface area (Å²) in [5.74, 6) is -0.467. The fourth-order valence-electron chi connectivity index (χ4n) is 1.37. The third-order valence-corrected chi connectivity index (χ3v) is 2.44. The summed E-state index contributed by atoms with van der Waals surface area (Å²) >= 11 is 0. The van der Waals surface area contributed by atoms with Gasteiger partial charge in [0.05, 0.1) is 0 Å². The summed E-state index contributed by atoms with van der Waals surface area (Å²) in [6.07, 6.45) is -11.8. The fraction of sp³-hybridized carbons (Fsp3) is 0.400. The highest BCUT2D eigenvalue weighted by molar-refractivity contribution is 5.38. The molecule has 0 aliphatic heterocycles. The zero-order valence-electron chi connectivity index (χ0n) is 8.89. The molecule has 0 aliphatic carbocycles. The van der Waals surface area contributed by atoms with Crippen molar-refractivity contribution >= 4 is 0 Å². The maximum absolute atomic E-state index is 12.5. The van der Waals surface area contributed by atoms with Crippen molar-refractivity contribution in [2.45, 2.75) is 24.9 Å². The molecule has 0 spiro atoms. The molecule has 0 fully saturated rings. The average Bonchev–Trinajstić information content (AvgIpc) is 2.17. The summed E-state index contributed by atoms with van der Waals surface area (Å²) in [6, 6.07) is 1.48.